The van der Waals surface area contributed by atoms with Crippen molar-refractivity contribution in [2.75, 3.05) is 31.3 Å². The predicted octanol–water partition coefficient (Wildman–Crippen LogP) is 1.17. The molecule has 0 amide bonds. The zero-order chi connectivity index (χ0) is 12.8. The Labute approximate surface area is 102 Å². The first-order chi connectivity index (χ1) is 7.58. The van der Waals surface area contributed by atoms with Gasteiger partial charge in [0.05, 0.1) is 0 Å². The van der Waals surface area contributed by atoms with Crippen LogP contribution < -0.4 is 5.73 Å². The Hall–Kier alpha value is -0.300. The van der Waals surface area contributed by atoms with Crippen LogP contribution in [0.4, 0.5) is 0 Å². The first-order valence-corrected chi connectivity index (χ1v) is 6.44. The fourth-order valence-electron chi connectivity index (χ4n) is 0.779. The minimum Gasteiger partial charge on any atom is -0.481 e. The molecule has 0 saturated carbocycles. The van der Waals surface area contributed by atoms with Gasteiger partial charge >= 0.3 is 0 Å². The van der Waals surface area contributed by atoms with Crippen molar-refractivity contribution >= 4 is 17.7 Å². The molecule has 0 fully saturated rings. The second kappa shape index (κ2) is 14.7. The van der Waals surface area contributed by atoms with Crippen molar-refractivity contribution in [3.63, 3.8) is 0 Å². The summed E-state index contributed by atoms with van der Waals surface area (Å²) in [6.07, 6.45) is -0.0588. The number of carboxylic acids is 1. The minimum absolute atomic E-state index is 0.0588. The molecule has 0 aliphatic heterocycles. The molecule has 16 heavy (non-hydrogen) atoms. The summed E-state index contributed by atoms with van der Waals surface area (Å²) in [5, 5.41) is 7.42. The molecule has 0 radical (unpaired) electrons. The van der Waals surface area contributed by atoms with Crippen LogP contribution in [0.5, 0.6) is 0 Å². The van der Waals surface area contributed by atoms with E-state index >= 15 is 0 Å². The Morgan fingerprint density at radius 3 is 2.12 bits per heavy atom. The lowest BCUT2D eigenvalue weighted by Gasteiger charge is -2.15. The number of ether oxygens (including phenoxy) is 2. The predicted molar refractivity (Wildman–Crippen MR) is 66.7 cm³/mol. The van der Waals surface area contributed by atoms with Crippen molar-refractivity contribution in [3.05, 3.63) is 0 Å². The number of carboxylic acid groups (broad SMARTS) is 1. The first kappa shape index (κ1) is 18.1. The Morgan fingerprint density at radius 1 is 1.38 bits per heavy atom. The van der Waals surface area contributed by atoms with Gasteiger partial charge in [-0.2, -0.15) is 11.8 Å². The van der Waals surface area contributed by atoms with Gasteiger partial charge in [-0.05, 0) is 13.8 Å². The third kappa shape index (κ3) is 19.3. The van der Waals surface area contributed by atoms with Crippen LogP contribution >= 0.6 is 11.8 Å². The molecular weight excluding hydrogens is 230 g/mol. The Bertz CT molecular complexity index is 148. The van der Waals surface area contributed by atoms with Crippen LogP contribution in [0, 0.1) is 0 Å². The first-order valence-electron chi connectivity index (χ1n) is 5.28. The number of rotatable bonds is 8. The monoisotopic (exact) mass is 253 g/mol. The van der Waals surface area contributed by atoms with E-state index in [1.807, 2.05) is 13.8 Å². The fraction of sp³-hybridized carbons (Fsp3) is 0.900. The highest BCUT2D eigenvalue weighted by Gasteiger charge is 2.06. The maximum atomic E-state index is 9.00. The maximum Gasteiger partial charge on any atom is 0.300 e. The number of hydrogen-bond acceptors (Lipinski definition) is 5. The lowest BCUT2D eigenvalue weighted by Crippen LogP contribution is -2.20. The van der Waals surface area contributed by atoms with Crippen LogP contribution in [0.1, 0.15) is 20.8 Å². The molecule has 0 unspecified atom stereocenters. The van der Waals surface area contributed by atoms with Gasteiger partial charge in [-0.3, -0.25) is 4.79 Å². The molecule has 98 valence electrons. The third-order valence-electron chi connectivity index (χ3n) is 1.22. The van der Waals surface area contributed by atoms with E-state index in [0.717, 1.165) is 25.0 Å². The SMILES string of the molecule is CC(=O)O.CCOC(CSCCN)OCC. The van der Waals surface area contributed by atoms with Crippen LogP contribution in [0.25, 0.3) is 0 Å². The van der Waals surface area contributed by atoms with Gasteiger partial charge in [-0.25, -0.2) is 0 Å². The van der Waals surface area contributed by atoms with Gasteiger partial charge in [-0.1, -0.05) is 0 Å². The van der Waals surface area contributed by atoms with Gasteiger partial charge in [0, 0.05) is 38.2 Å². The van der Waals surface area contributed by atoms with E-state index < -0.39 is 5.97 Å². The molecule has 0 aliphatic rings. The number of nitrogens with two attached hydrogens (primary N) is 1. The van der Waals surface area contributed by atoms with Crippen molar-refractivity contribution in [1.29, 1.82) is 0 Å². The summed E-state index contributed by atoms with van der Waals surface area (Å²) in [5.41, 5.74) is 5.36. The normalized spacial score (nSPS) is 9.81. The van der Waals surface area contributed by atoms with Crippen molar-refractivity contribution in [3.8, 4) is 0 Å². The Balaban J connectivity index is 0. The largest absolute Gasteiger partial charge is 0.481 e. The van der Waals surface area contributed by atoms with E-state index in [1.54, 1.807) is 11.8 Å². The van der Waals surface area contributed by atoms with E-state index in [9.17, 15) is 0 Å². The van der Waals surface area contributed by atoms with Gasteiger partial charge in [0.1, 0.15) is 0 Å². The number of aliphatic carboxylic acids is 1. The molecule has 5 nitrogen and oxygen atoms in total. The smallest absolute Gasteiger partial charge is 0.300 e. The summed E-state index contributed by atoms with van der Waals surface area (Å²) in [5.74, 6) is 1.01. The van der Waals surface area contributed by atoms with Crippen molar-refractivity contribution < 1.29 is 19.4 Å². The van der Waals surface area contributed by atoms with Crippen LogP contribution in [0.2, 0.25) is 0 Å². The molecule has 0 aliphatic carbocycles. The molecule has 3 N–H and O–H groups in total. The minimum atomic E-state index is -0.833. The van der Waals surface area contributed by atoms with Crippen LogP contribution in [0.3, 0.4) is 0 Å². The van der Waals surface area contributed by atoms with Crippen LogP contribution in [-0.4, -0.2) is 48.6 Å². The molecule has 0 aromatic rings. The highest BCUT2D eigenvalue weighted by atomic mass is 32.2. The van der Waals surface area contributed by atoms with E-state index in [4.69, 9.17) is 25.1 Å². The van der Waals surface area contributed by atoms with Gasteiger partial charge in [0.25, 0.3) is 5.97 Å². The molecule has 6 heteroatoms. The van der Waals surface area contributed by atoms with Gasteiger partial charge in [-0.15, -0.1) is 0 Å². The molecule has 0 aromatic carbocycles. The van der Waals surface area contributed by atoms with Gasteiger partial charge < -0.3 is 20.3 Å². The number of carbonyl (C=O) groups is 1. The summed E-state index contributed by atoms with van der Waals surface area (Å²) >= 11 is 1.77. The Morgan fingerprint density at radius 2 is 1.81 bits per heavy atom. The van der Waals surface area contributed by atoms with Crippen molar-refractivity contribution in [2.45, 2.75) is 27.1 Å². The van der Waals surface area contributed by atoms with Gasteiger partial charge in [0.2, 0.25) is 0 Å². The molecule has 0 heterocycles. The average Bonchev–Trinajstić information content (AvgIpc) is 2.18. The Kier molecular flexibility index (Phi) is 16.6. The lowest BCUT2D eigenvalue weighted by atomic mass is 10.7. The highest BCUT2D eigenvalue weighted by molar-refractivity contribution is 7.99. The number of thioether (sulfide) groups is 1. The lowest BCUT2D eigenvalue weighted by molar-refractivity contribution is -0.134. The maximum absolute atomic E-state index is 9.00. The summed E-state index contributed by atoms with van der Waals surface area (Å²) in [6.45, 7) is 7.15. The highest BCUT2D eigenvalue weighted by Crippen LogP contribution is 2.06. The summed E-state index contributed by atoms with van der Waals surface area (Å²) in [6, 6.07) is 0. The molecule has 0 saturated heterocycles. The van der Waals surface area contributed by atoms with E-state index in [1.165, 1.54) is 0 Å². The quantitative estimate of drug-likeness (QED) is 0.499. The zero-order valence-corrected chi connectivity index (χ0v) is 11.1. The molecule has 0 spiro atoms. The second-order valence-electron chi connectivity index (χ2n) is 2.72. The van der Waals surface area contributed by atoms with Crippen LogP contribution in [-0.2, 0) is 14.3 Å². The molecule has 0 rings (SSSR count). The summed E-state index contributed by atoms with van der Waals surface area (Å²) in [7, 11) is 0. The average molecular weight is 253 g/mol. The molecule has 0 aromatic heterocycles. The van der Waals surface area contributed by atoms with E-state index in [-0.39, 0.29) is 6.29 Å². The molecule has 0 bridgehead atoms. The standard InChI is InChI=1S/C8H19NO2S.C2H4O2/c1-3-10-8(11-4-2)7-12-6-5-9;1-2(3)4/h8H,3-7,9H2,1-2H3;1H3,(H,3,4). The molecular formula is C10H23NO4S. The number of hydrogen-bond donors (Lipinski definition) is 2. The summed E-state index contributed by atoms with van der Waals surface area (Å²) in [4.78, 5) is 9.00. The van der Waals surface area contributed by atoms with Crippen LogP contribution in [0.15, 0.2) is 0 Å². The van der Waals surface area contributed by atoms with Gasteiger partial charge in [0.15, 0.2) is 6.29 Å². The van der Waals surface area contributed by atoms with Crippen molar-refractivity contribution in [2.24, 2.45) is 5.73 Å². The third-order valence-corrected chi connectivity index (χ3v) is 2.25. The summed E-state index contributed by atoms with van der Waals surface area (Å²) < 4.78 is 10.7. The van der Waals surface area contributed by atoms with Crippen molar-refractivity contribution in [1.82, 2.24) is 0 Å². The van der Waals surface area contributed by atoms with E-state index in [0.29, 0.717) is 13.2 Å². The molecule has 0 atom stereocenters. The topological polar surface area (TPSA) is 81.8 Å². The fourth-order valence-corrected chi connectivity index (χ4v) is 1.50. The second-order valence-corrected chi connectivity index (χ2v) is 3.87. The zero-order valence-electron chi connectivity index (χ0n) is 10.3. The van der Waals surface area contributed by atoms with E-state index in [2.05, 4.69) is 0 Å².